The molecule has 0 spiro atoms. The molecule has 7 heteroatoms. The van der Waals surface area contributed by atoms with E-state index < -0.39 is 0 Å². The SMILES string of the molecule is CCc1nn(C)c(CC)c1CNC(=NC)NC1CCN(C(=O)C(C)C)CC1. The van der Waals surface area contributed by atoms with Crippen LogP contribution in [0.2, 0.25) is 0 Å². The topological polar surface area (TPSA) is 74.6 Å². The summed E-state index contributed by atoms with van der Waals surface area (Å²) in [5, 5.41) is 11.6. The molecule has 0 aromatic carbocycles. The van der Waals surface area contributed by atoms with Crippen molar-refractivity contribution >= 4 is 11.9 Å². The number of carbonyl (C=O) groups excluding carboxylic acids is 1. The summed E-state index contributed by atoms with van der Waals surface area (Å²) >= 11 is 0. The molecule has 0 aliphatic carbocycles. The summed E-state index contributed by atoms with van der Waals surface area (Å²) in [7, 11) is 3.82. The van der Waals surface area contributed by atoms with Gasteiger partial charge in [0.2, 0.25) is 5.91 Å². The highest BCUT2D eigenvalue weighted by Crippen LogP contribution is 2.16. The van der Waals surface area contributed by atoms with Gasteiger partial charge in [0.05, 0.1) is 5.69 Å². The van der Waals surface area contributed by atoms with Crippen LogP contribution in [0.1, 0.15) is 57.5 Å². The van der Waals surface area contributed by atoms with Gasteiger partial charge in [-0.2, -0.15) is 5.10 Å². The van der Waals surface area contributed by atoms with E-state index in [9.17, 15) is 4.79 Å². The third-order valence-corrected chi connectivity index (χ3v) is 5.33. The summed E-state index contributed by atoms with van der Waals surface area (Å²) < 4.78 is 1.99. The molecule has 1 fully saturated rings. The summed E-state index contributed by atoms with van der Waals surface area (Å²) in [4.78, 5) is 18.5. The van der Waals surface area contributed by atoms with Gasteiger partial charge >= 0.3 is 0 Å². The Labute approximate surface area is 163 Å². The van der Waals surface area contributed by atoms with Crippen molar-refractivity contribution in [3.05, 3.63) is 17.0 Å². The van der Waals surface area contributed by atoms with Crippen LogP contribution in [0.4, 0.5) is 0 Å². The van der Waals surface area contributed by atoms with Crippen molar-refractivity contribution in [2.24, 2.45) is 18.0 Å². The molecule has 2 N–H and O–H groups in total. The van der Waals surface area contributed by atoms with E-state index in [0.717, 1.165) is 57.0 Å². The number of hydrogen-bond donors (Lipinski definition) is 2. The molecule has 1 aromatic heterocycles. The number of carbonyl (C=O) groups is 1. The number of amides is 1. The van der Waals surface area contributed by atoms with E-state index in [1.807, 2.05) is 30.5 Å². The van der Waals surface area contributed by atoms with Gasteiger partial charge in [0.15, 0.2) is 5.96 Å². The zero-order chi connectivity index (χ0) is 20.0. The number of nitrogens with one attached hydrogen (secondary N) is 2. The molecular formula is C20H36N6O. The molecular weight excluding hydrogens is 340 g/mol. The maximum Gasteiger partial charge on any atom is 0.225 e. The normalized spacial score (nSPS) is 16.1. The highest BCUT2D eigenvalue weighted by Gasteiger charge is 2.24. The van der Waals surface area contributed by atoms with Crippen LogP contribution in [0.3, 0.4) is 0 Å². The zero-order valence-corrected chi connectivity index (χ0v) is 17.8. The molecule has 27 heavy (non-hydrogen) atoms. The average Bonchev–Trinajstić information content (AvgIpc) is 2.99. The molecule has 7 nitrogen and oxygen atoms in total. The Morgan fingerprint density at radius 1 is 1.26 bits per heavy atom. The fourth-order valence-electron chi connectivity index (χ4n) is 3.76. The molecule has 0 atom stereocenters. The predicted octanol–water partition coefficient (Wildman–Crippen LogP) is 1.86. The number of guanidine groups is 1. The molecule has 0 radical (unpaired) electrons. The van der Waals surface area contributed by atoms with E-state index in [0.29, 0.717) is 6.04 Å². The Bertz CT molecular complexity index is 656. The molecule has 1 saturated heterocycles. The van der Waals surface area contributed by atoms with Gasteiger partial charge in [0.1, 0.15) is 0 Å². The zero-order valence-electron chi connectivity index (χ0n) is 17.8. The van der Waals surface area contributed by atoms with Crippen LogP contribution in [-0.2, 0) is 31.2 Å². The summed E-state index contributed by atoms with van der Waals surface area (Å²) in [5.41, 5.74) is 3.70. The van der Waals surface area contributed by atoms with E-state index in [1.54, 1.807) is 7.05 Å². The average molecular weight is 377 g/mol. The number of aliphatic imine (C=N–C) groups is 1. The van der Waals surface area contributed by atoms with E-state index in [-0.39, 0.29) is 11.8 Å². The molecule has 1 amide bonds. The molecule has 0 bridgehead atoms. The molecule has 0 saturated carbocycles. The molecule has 152 valence electrons. The van der Waals surface area contributed by atoms with Gasteiger partial charge in [-0.1, -0.05) is 27.7 Å². The lowest BCUT2D eigenvalue weighted by molar-refractivity contribution is -0.135. The van der Waals surface area contributed by atoms with Crippen LogP contribution < -0.4 is 10.6 Å². The van der Waals surface area contributed by atoms with E-state index >= 15 is 0 Å². The minimum Gasteiger partial charge on any atom is -0.354 e. The molecule has 1 aliphatic heterocycles. The number of hydrogen-bond acceptors (Lipinski definition) is 3. The van der Waals surface area contributed by atoms with Gasteiger partial charge < -0.3 is 15.5 Å². The number of aryl methyl sites for hydroxylation is 2. The Balaban J connectivity index is 1.90. The molecule has 1 aromatic rings. The van der Waals surface area contributed by atoms with Gasteiger partial charge in [-0.05, 0) is 25.7 Å². The van der Waals surface area contributed by atoms with Crippen molar-refractivity contribution in [1.29, 1.82) is 0 Å². The fraction of sp³-hybridized carbons (Fsp3) is 0.750. The quantitative estimate of drug-likeness (QED) is 0.587. The Hall–Kier alpha value is -2.05. The second kappa shape index (κ2) is 9.76. The molecule has 2 rings (SSSR count). The monoisotopic (exact) mass is 376 g/mol. The van der Waals surface area contributed by atoms with Gasteiger partial charge in [-0.25, -0.2) is 0 Å². The number of likely N-dealkylation sites (tertiary alicyclic amines) is 1. The first kappa shape index (κ1) is 21.3. The first-order valence-corrected chi connectivity index (χ1v) is 10.2. The fourth-order valence-corrected chi connectivity index (χ4v) is 3.76. The third kappa shape index (κ3) is 5.23. The minimum absolute atomic E-state index is 0.0731. The van der Waals surface area contributed by atoms with Gasteiger partial charge in [0, 0.05) is 56.9 Å². The van der Waals surface area contributed by atoms with Gasteiger partial charge in [-0.3, -0.25) is 14.5 Å². The summed E-state index contributed by atoms with van der Waals surface area (Å²) in [5.74, 6) is 1.15. The standard InChI is InChI=1S/C20H36N6O/c1-7-17-16(18(8-2)25(6)24-17)13-22-20(21-5)23-15-9-11-26(12-10-15)19(27)14(3)4/h14-15H,7-13H2,1-6H3,(H2,21,22,23). The molecule has 2 heterocycles. The molecule has 1 aliphatic rings. The Kier molecular flexibility index (Phi) is 7.68. The van der Waals surface area contributed by atoms with Crippen molar-refractivity contribution in [2.75, 3.05) is 20.1 Å². The highest BCUT2D eigenvalue weighted by molar-refractivity contribution is 5.80. The van der Waals surface area contributed by atoms with E-state index in [4.69, 9.17) is 0 Å². The number of nitrogens with zero attached hydrogens (tertiary/aromatic N) is 4. The lowest BCUT2D eigenvalue weighted by Crippen LogP contribution is -2.50. The van der Waals surface area contributed by atoms with Crippen LogP contribution in [0.5, 0.6) is 0 Å². The van der Waals surface area contributed by atoms with Crippen LogP contribution in [0.25, 0.3) is 0 Å². The summed E-state index contributed by atoms with van der Waals surface area (Å²) in [6.45, 7) is 10.6. The van der Waals surface area contributed by atoms with Crippen molar-refractivity contribution in [3.63, 3.8) is 0 Å². The van der Waals surface area contributed by atoms with Crippen LogP contribution in [0.15, 0.2) is 4.99 Å². The summed E-state index contributed by atoms with van der Waals surface area (Å²) in [6.07, 6.45) is 3.80. The van der Waals surface area contributed by atoms with Crippen molar-refractivity contribution in [1.82, 2.24) is 25.3 Å². The largest absolute Gasteiger partial charge is 0.354 e. The third-order valence-electron chi connectivity index (χ3n) is 5.33. The second-order valence-electron chi connectivity index (χ2n) is 7.53. The minimum atomic E-state index is 0.0731. The molecule has 0 unspecified atom stereocenters. The van der Waals surface area contributed by atoms with Crippen LogP contribution in [-0.4, -0.2) is 52.7 Å². The number of piperidine rings is 1. The van der Waals surface area contributed by atoms with Crippen molar-refractivity contribution in [3.8, 4) is 0 Å². The smallest absolute Gasteiger partial charge is 0.225 e. The number of rotatable bonds is 6. The lowest BCUT2D eigenvalue weighted by Gasteiger charge is -2.34. The van der Waals surface area contributed by atoms with Crippen molar-refractivity contribution < 1.29 is 4.79 Å². The van der Waals surface area contributed by atoms with Gasteiger partial charge in [-0.15, -0.1) is 0 Å². The maximum absolute atomic E-state index is 12.1. The van der Waals surface area contributed by atoms with Crippen LogP contribution >= 0.6 is 0 Å². The summed E-state index contributed by atoms with van der Waals surface area (Å²) in [6, 6.07) is 0.345. The van der Waals surface area contributed by atoms with Crippen molar-refractivity contribution in [2.45, 2.75) is 66.0 Å². The highest BCUT2D eigenvalue weighted by atomic mass is 16.2. The first-order valence-electron chi connectivity index (χ1n) is 10.2. The second-order valence-corrected chi connectivity index (χ2v) is 7.53. The van der Waals surface area contributed by atoms with E-state index in [1.165, 1.54) is 11.3 Å². The Morgan fingerprint density at radius 3 is 2.44 bits per heavy atom. The van der Waals surface area contributed by atoms with Crippen LogP contribution in [0, 0.1) is 5.92 Å². The van der Waals surface area contributed by atoms with Gasteiger partial charge in [0.25, 0.3) is 0 Å². The lowest BCUT2D eigenvalue weighted by atomic mass is 10.0. The predicted molar refractivity (Wildman–Crippen MR) is 110 cm³/mol. The Morgan fingerprint density at radius 2 is 1.93 bits per heavy atom. The maximum atomic E-state index is 12.1. The number of aromatic nitrogens is 2. The first-order chi connectivity index (χ1) is 12.9. The van der Waals surface area contributed by atoms with E-state index in [2.05, 4.69) is 34.6 Å².